The van der Waals surface area contributed by atoms with Crippen molar-refractivity contribution in [2.24, 2.45) is 0 Å². The number of rotatable bonds is 8. The Balaban J connectivity index is 1.39. The van der Waals surface area contributed by atoms with Crippen LogP contribution < -0.4 is 4.90 Å². The molecule has 0 saturated heterocycles. The van der Waals surface area contributed by atoms with E-state index in [1.165, 1.54) is 7.11 Å². The van der Waals surface area contributed by atoms with Crippen molar-refractivity contribution in [3.63, 3.8) is 0 Å². The molecule has 0 spiro atoms. The first-order chi connectivity index (χ1) is 20.3. The minimum absolute atomic E-state index is 0.0268. The molecule has 0 aliphatic carbocycles. The van der Waals surface area contributed by atoms with Crippen LogP contribution in [0.2, 0.25) is 10.0 Å². The van der Waals surface area contributed by atoms with Crippen LogP contribution in [0.4, 0.5) is 10.5 Å². The van der Waals surface area contributed by atoms with Gasteiger partial charge in [-0.05, 0) is 48.9 Å². The van der Waals surface area contributed by atoms with Gasteiger partial charge < -0.3 is 9.64 Å². The van der Waals surface area contributed by atoms with Crippen LogP contribution in [0.1, 0.15) is 39.5 Å². The number of para-hydroxylation sites is 1. The highest BCUT2D eigenvalue weighted by atomic mass is 35.5. The zero-order valence-corrected chi connectivity index (χ0v) is 25.5. The van der Waals surface area contributed by atoms with Gasteiger partial charge in [-0.15, -0.1) is 0 Å². The number of fused-ring (bicyclic) bond motifs is 2. The number of pyridine rings is 1. The highest BCUT2D eigenvalue weighted by molar-refractivity contribution is 6.42. The molecule has 0 N–H and O–H groups in total. The van der Waals surface area contributed by atoms with Gasteiger partial charge in [0.05, 0.1) is 28.4 Å². The lowest BCUT2D eigenvalue weighted by atomic mass is 9.93. The van der Waals surface area contributed by atoms with E-state index in [0.717, 1.165) is 59.3 Å². The van der Waals surface area contributed by atoms with Gasteiger partial charge in [0.25, 0.3) is 5.91 Å². The Hall–Kier alpha value is -3.65. The van der Waals surface area contributed by atoms with Crippen molar-refractivity contribution in [3.8, 4) is 0 Å². The zero-order chi connectivity index (χ0) is 29.8. The maximum absolute atomic E-state index is 13.2. The maximum atomic E-state index is 13.2. The molecule has 1 unspecified atom stereocenters. The first-order valence-corrected chi connectivity index (χ1v) is 14.7. The summed E-state index contributed by atoms with van der Waals surface area (Å²) in [6.07, 6.45) is 1.14. The fraction of sp³-hybridized carbons (Fsp3) is 0.303. The van der Waals surface area contributed by atoms with Crippen LogP contribution in [0.5, 0.6) is 0 Å². The molecule has 1 aliphatic heterocycles. The number of benzene rings is 3. The Morgan fingerprint density at radius 2 is 1.74 bits per heavy atom. The average molecular weight is 606 g/mol. The van der Waals surface area contributed by atoms with Gasteiger partial charge in [-0.1, -0.05) is 65.7 Å². The van der Waals surface area contributed by atoms with E-state index >= 15 is 0 Å². The Bertz CT molecular complexity index is 1600. The van der Waals surface area contributed by atoms with Gasteiger partial charge in [-0.3, -0.25) is 19.6 Å². The number of methoxy groups -OCH3 is 1. The minimum atomic E-state index is -0.420. The van der Waals surface area contributed by atoms with Crippen molar-refractivity contribution < 1.29 is 14.3 Å². The second kappa shape index (κ2) is 13.1. The standard InChI is InChI=1S/C33H34Cl2N4O3/c1-37(32(40)22-9-5-4-6-10-22)20-24(23-13-14-27(34)28(35)19-23)15-17-39-18-16-30-26(21-39)31(38(2)33(41)42-3)25-11-7-8-12-29(25)36-30/h4-14,19,24H,15-18,20-21H2,1-3H3. The SMILES string of the molecule is COC(=O)N(C)c1c2c(nc3ccccc13)CCN(CCC(CN(C)C(=O)c1ccccc1)c1ccc(Cl)c(Cl)c1)C2. The third-order valence-electron chi connectivity index (χ3n) is 7.95. The summed E-state index contributed by atoms with van der Waals surface area (Å²) in [5.41, 5.74) is 5.43. The summed E-state index contributed by atoms with van der Waals surface area (Å²) >= 11 is 12.7. The van der Waals surface area contributed by atoms with Crippen molar-refractivity contribution in [1.82, 2.24) is 14.8 Å². The number of aromatic nitrogens is 1. The lowest BCUT2D eigenvalue weighted by Gasteiger charge is -2.33. The largest absolute Gasteiger partial charge is 0.452 e. The van der Waals surface area contributed by atoms with Crippen LogP contribution in [-0.2, 0) is 17.7 Å². The van der Waals surface area contributed by atoms with E-state index in [2.05, 4.69) is 4.90 Å². The van der Waals surface area contributed by atoms with Gasteiger partial charge >= 0.3 is 6.09 Å². The Morgan fingerprint density at radius 1 is 1.00 bits per heavy atom. The topological polar surface area (TPSA) is 66.0 Å². The molecule has 2 heterocycles. The van der Waals surface area contributed by atoms with E-state index in [-0.39, 0.29) is 11.8 Å². The van der Waals surface area contributed by atoms with Gasteiger partial charge in [0.15, 0.2) is 0 Å². The number of hydrogen-bond donors (Lipinski definition) is 0. The van der Waals surface area contributed by atoms with Crippen LogP contribution in [0.3, 0.4) is 0 Å². The van der Waals surface area contributed by atoms with Gasteiger partial charge in [-0.25, -0.2) is 4.79 Å². The molecule has 42 heavy (non-hydrogen) atoms. The predicted octanol–water partition coefficient (Wildman–Crippen LogP) is 7.05. The van der Waals surface area contributed by atoms with Crippen LogP contribution in [0.15, 0.2) is 72.8 Å². The molecule has 7 nitrogen and oxygen atoms in total. The van der Waals surface area contributed by atoms with Gasteiger partial charge in [0, 0.05) is 68.3 Å². The zero-order valence-electron chi connectivity index (χ0n) is 24.0. The summed E-state index contributed by atoms with van der Waals surface area (Å²) in [4.78, 5) is 36.5. The third-order valence-corrected chi connectivity index (χ3v) is 8.69. The molecule has 218 valence electrons. The lowest BCUT2D eigenvalue weighted by Crippen LogP contribution is -2.37. The predicted molar refractivity (Wildman–Crippen MR) is 169 cm³/mol. The van der Waals surface area contributed by atoms with E-state index in [9.17, 15) is 9.59 Å². The Morgan fingerprint density at radius 3 is 2.48 bits per heavy atom. The molecule has 2 amide bonds. The fourth-order valence-corrected chi connectivity index (χ4v) is 6.01. The summed E-state index contributed by atoms with van der Waals surface area (Å²) in [5.74, 6) is 0.00627. The number of hydrogen-bond acceptors (Lipinski definition) is 5. The van der Waals surface area contributed by atoms with Gasteiger partial charge in [-0.2, -0.15) is 0 Å². The minimum Gasteiger partial charge on any atom is -0.452 e. The second-order valence-electron chi connectivity index (χ2n) is 10.7. The van der Waals surface area contributed by atoms with Crippen LogP contribution in [-0.4, -0.2) is 67.6 Å². The number of halogens is 2. The van der Waals surface area contributed by atoms with Crippen LogP contribution >= 0.6 is 23.2 Å². The summed E-state index contributed by atoms with van der Waals surface area (Å²) in [6.45, 7) is 2.80. The molecule has 3 aromatic carbocycles. The van der Waals surface area contributed by atoms with E-state index in [4.69, 9.17) is 32.9 Å². The monoisotopic (exact) mass is 604 g/mol. The quantitative estimate of drug-likeness (QED) is 0.216. The van der Waals surface area contributed by atoms with Gasteiger partial charge in [0.2, 0.25) is 0 Å². The summed E-state index contributed by atoms with van der Waals surface area (Å²) in [6, 6.07) is 22.9. The van der Waals surface area contributed by atoms with E-state index in [1.54, 1.807) is 16.8 Å². The molecule has 4 aromatic rings. The fourth-order valence-electron chi connectivity index (χ4n) is 5.71. The Kier molecular flexibility index (Phi) is 9.31. The highest BCUT2D eigenvalue weighted by Crippen LogP contribution is 2.36. The van der Waals surface area contributed by atoms with E-state index < -0.39 is 6.09 Å². The van der Waals surface area contributed by atoms with E-state index in [1.807, 2.05) is 79.8 Å². The molecule has 9 heteroatoms. The summed E-state index contributed by atoms with van der Waals surface area (Å²) in [7, 11) is 4.97. The highest BCUT2D eigenvalue weighted by Gasteiger charge is 2.28. The molecule has 0 fully saturated rings. The van der Waals surface area contributed by atoms with Crippen LogP contribution in [0, 0.1) is 0 Å². The van der Waals surface area contributed by atoms with Crippen LogP contribution in [0.25, 0.3) is 10.9 Å². The average Bonchev–Trinajstić information content (AvgIpc) is 3.02. The number of anilines is 1. The molecule has 1 aromatic heterocycles. The van der Waals surface area contributed by atoms with Crippen molar-refractivity contribution in [1.29, 1.82) is 0 Å². The molecule has 5 rings (SSSR count). The first kappa shape index (κ1) is 29.8. The molecular formula is C33H34Cl2N4O3. The maximum Gasteiger partial charge on any atom is 0.413 e. The smallest absolute Gasteiger partial charge is 0.413 e. The number of nitrogens with zero attached hydrogens (tertiary/aromatic N) is 4. The molecule has 0 radical (unpaired) electrons. The lowest BCUT2D eigenvalue weighted by molar-refractivity contribution is 0.0782. The van der Waals surface area contributed by atoms with Crippen molar-refractivity contribution >= 4 is 51.8 Å². The van der Waals surface area contributed by atoms with Gasteiger partial charge in [0.1, 0.15) is 0 Å². The Labute approximate surface area is 256 Å². The molecule has 0 saturated carbocycles. The molecule has 1 aliphatic rings. The molecule has 1 atom stereocenters. The normalized spacial score (nSPS) is 13.8. The number of carbonyl (C=O) groups excluding carboxylic acids is 2. The van der Waals surface area contributed by atoms with Crippen molar-refractivity contribution in [2.45, 2.75) is 25.3 Å². The molecular weight excluding hydrogens is 571 g/mol. The number of carbonyl (C=O) groups is 2. The summed E-state index contributed by atoms with van der Waals surface area (Å²) < 4.78 is 5.07. The number of ether oxygens (including phenoxy) is 1. The van der Waals surface area contributed by atoms with E-state index in [0.29, 0.717) is 28.7 Å². The van der Waals surface area contributed by atoms with Crippen molar-refractivity contribution in [2.75, 3.05) is 45.7 Å². The second-order valence-corrected chi connectivity index (χ2v) is 11.5. The van der Waals surface area contributed by atoms with Crippen molar-refractivity contribution in [3.05, 3.63) is 105 Å². The number of amides is 2. The summed E-state index contributed by atoms with van der Waals surface area (Å²) in [5, 5.41) is 1.92. The number of likely N-dealkylation sites (N-methyl/N-ethyl adjacent to an activating group) is 1. The third kappa shape index (κ3) is 6.38. The first-order valence-electron chi connectivity index (χ1n) is 14.0. The molecule has 0 bridgehead atoms.